The van der Waals surface area contributed by atoms with E-state index in [1.54, 1.807) is 25.3 Å². The number of para-hydroxylation sites is 2. The highest BCUT2D eigenvalue weighted by Crippen LogP contribution is 2.18. The maximum Gasteiger partial charge on any atom is 0.251 e. The summed E-state index contributed by atoms with van der Waals surface area (Å²) in [5, 5.41) is 2.97. The van der Waals surface area contributed by atoms with Gasteiger partial charge in [0.05, 0.1) is 18.1 Å². The lowest BCUT2D eigenvalue weighted by molar-refractivity contribution is -0.131. The van der Waals surface area contributed by atoms with Gasteiger partial charge in [0.2, 0.25) is 5.91 Å². The zero-order chi connectivity index (χ0) is 23.0. The first-order chi connectivity index (χ1) is 16.2. The lowest BCUT2D eigenvalue weighted by Crippen LogP contribution is -2.32. The van der Waals surface area contributed by atoms with E-state index >= 15 is 0 Å². The van der Waals surface area contributed by atoms with Gasteiger partial charge in [-0.15, -0.1) is 0 Å². The average molecular weight is 449 g/mol. The normalized spacial score (nSPS) is 14.2. The van der Waals surface area contributed by atoms with Gasteiger partial charge < -0.3 is 19.5 Å². The van der Waals surface area contributed by atoms with Crippen LogP contribution in [0, 0.1) is 0 Å². The maximum atomic E-state index is 12.8. The van der Waals surface area contributed by atoms with E-state index in [1.807, 2.05) is 35.2 Å². The highest BCUT2D eigenvalue weighted by molar-refractivity contribution is 5.94. The Kier molecular flexibility index (Phi) is 7.60. The van der Waals surface area contributed by atoms with Crippen molar-refractivity contribution in [1.29, 1.82) is 0 Å². The molecule has 0 atom stereocenters. The fourth-order valence-corrected chi connectivity index (χ4v) is 4.41. The van der Waals surface area contributed by atoms with Gasteiger partial charge in [-0.1, -0.05) is 31.0 Å². The summed E-state index contributed by atoms with van der Waals surface area (Å²) < 4.78 is 7.33. The molecule has 1 N–H and O–H groups in total. The van der Waals surface area contributed by atoms with Crippen LogP contribution >= 0.6 is 0 Å². The molecule has 1 saturated heterocycles. The molecule has 7 nitrogen and oxygen atoms in total. The number of ether oxygens (including phenoxy) is 1. The second kappa shape index (κ2) is 11.0. The zero-order valence-corrected chi connectivity index (χ0v) is 19.3. The summed E-state index contributed by atoms with van der Waals surface area (Å²) in [4.78, 5) is 32.2. The molecule has 3 aromatic rings. The summed E-state index contributed by atoms with van der Waals surface area (Å²) in [7, 11) is 1.58. The highest BCUT2D eigenvalue weighted by Gasteiger charge is 2.17. The Bertz CT molecular complexity index is 1100. The third-order valence-electron chi connectivity index (χ3n) is 6.21. The van der Waals surface area contributed by atoms with Gasteiger partial charge >= 0.3 is 0 Å². The number of aryl methyl sites for hydroxylation is 1. The molecule has 0 saturated carbocycles. The van der Waals surface area contributed by atoms with Crippen molar-refractivity contribution in [3.63, 3.8) is 0 Å². The van der Waals surface area contributed by atoms with Crippen LogP contribution in [0.5, 0.6) is 5.75 Å². The van der Waals surface area contributed by atoms with Gasteiger partial charge in [0.15, 0.2) is 0 Å². The standard InChI is InChI=1S/C26H32N4O3/c1-33-21-10-8-9-20(19-21)26(32)27-15-13-24-28-22-11-4-5-12-23(22)30(24)18-14-25(31)29-16-6-2-3-7-17-29/h4-5,8-12,19H,2-3,6-7,13-18H2,1H3,(H,27,32). The lowest BCUT2D eigenvalue weighted by atomic mass is 10.2. The monoisotopic (exact) mass is 448 g/mol. The Morgan fingerprint density at radius 2 is 1.82 bits per heavy atom. The fourth-order valence-electron chi connectivity index (χ4n) is 4.41. The van der Waals surface area contributed by atoms with Crippen molar-refractivity contribution >= 4 is 22.8 Å². The summed E-state index contributed by atoms with van der Waals surface area (Å²) >= 11 is 0. The first-order valence-electron chi connectivity index (χ1n) is 11.8. The zero-order valence-electron chi connectivity index (χ0n) is 19.3. The number of aromatic nitrogens is 2. The minimum atomic E-state index is -0.145. The van der Waals surface area contributed by atoms with Crippen LogP contribution in [0.15, 0.2) is 48.5 Å². The molecule has 4 rings (SSSR count). The molecule has 1 aliphatic rings. The second-order valence-corrected chi connectivity index (χ2v) is 8.45. The van der Waals surface area contributed by atoms with Gasteiger partial charge in [-0.25, -0.2) is 4.98 Å². The molecule has 0 unspecified atom stereocenters. The molecule has 1 aromatic heterocycles. The van der Waals surface area contributed by atoms with Crippen molar-refractivity contribution in [3.05, 3.63) is 59.9 Å². The van der Waals surface area contributed by atoms with Crippen LogP contribution in [0.3, 0.4) is 0 Å². The van der Waals surface area contributed by atoms with Crippen LogP contribution in [0.1, 0.15) is 48.3 Å². The van der Waals surface area contributed by atoms with Crippen LogP contribution < -0.4 is 10.1 Å². The van der Waals surface area contributed by atoms with Crippen LogP contribution in [0.4, 0.5) is 0 Å². The van der Waals surface area contributed by atoms with Gasteiger partial charge in [0, 0.05) is 44.6 Å². The lowest BCUT2D eigenvalue weighted by Gasteiger charge is -2.20. The summed E-state index contributed by atoms with van der Waals surface area (Å²) in [5.41, 5.74) is 2.50. The summed E-state index contributed by atoms with van der Waals surface area (Å²) in [6.45, 7) is 2.79. The molecule has 2 aromatic carbocycles. The smallest absolute Gasteiger partial charge is 0.251 e. The molecule has 33 heavy (non-hydrogen) atoms. The minimum Gasteiger partial charge on any atom is -0.497 e. The number of rotatable bonds is 8. The molecule has 1 aliphatic heterocycles. The van der Waals surface area contributed by atoms with Crippen LogP contribution in [0.25, 0.3) is 11.0 Å². The number of fused-ring (bicyclic) bond motifs is 1. The van der Waals surface area contributed by atoms with E-state index in [2.05, 4.69) is 9.88 Å². The number of likely N-dealkylation sites (tertiary alicyclic amines) is 1. The van der Waals surface area contributed by atoms with Crippen molar-refractivity contribution in [2.24, 2.45) is 0 Å². The third-order valence-corrected chi connectivity index (χ3v) is 6.21. The Balaban J connectivity index is 1.41. The predicted octanol–water partition coefficient (Wildman–Crippen LogP) is 3.81. The number of benzene rings is 2. The van der Waals surface area contributed by atoms with Crippen LogP contribution in [-0.2, 0) is 17.8 Å². The molecule has 0 radical (unpaired) electrons. The van der Waals surface area contributed by atoms with Gasteiger partial charge in [0.25, 0.3) is 5.91 Å². The molecule has 0 bridgehead atoms. The number of carbonyl (C=O) groups excluding carboxylic acids is 2. The van der Waals surface area contributed by atoms with Gasteiger partial charge in [-0.2, -0.15) is 0 Å². The second-order valence-electron chi connectivity index (χ2n) is 8.45. The van der Waals surface area contributed by atoms with E-state index in [-0.39, 0.29) is 11.8 Å². The number of carbonyl (C=O) groups is 2. The number of methoxy groups -OCH3 is 1. The Labute approximate surface area is 194 Å². The number of imidazole rings is 1. The van der Waals surface area contributed by atoms with E-state index in [0.29, 0.717) is 37.2 Å². The summed E-state index contributed by atoms with van der Waals surface area (Å²) in [5.74, 6) is 1.60. The van der Waals surface area contributed by atoms with Crippen molar-refractivity contribution < 1.29 is 14.3 Å². The van der Waals surface area contributed by atoms with Gasteiger partial charge in [0.1, 0.15) is 11.6 Å². The molecule has 7 heteroatoms. The van der Waals surface area contributed by atoms with Gasteiger partial charge in [-0.3, -0.25) is 9.59 Å². The molecular formula is C26H32N4O3. The highest BCUT2D eigenvalue weighted by atomic mass is 16.5. The molecule has 0 spiro atoms. The number of nitrogens with zero attached hydrogens (tertiary/aromatic N) is 3. The Morgan fingerprint density at radius 1 is 1.03 bits per heavy atom. The van der Waals surface area contributed by atoms with Crippen LogP contribution in [-0.4, -0.2) is 53.0 Å². The van der Waals surface area contributed by atoms with Crippen LogP contribution in [0.2, 0.25) is 0 Å². The fraction of sp³-hybridized carbons (Fsp3) is 0.423. The first kappa shape index (κ1) is 22.8. The van der Waals surface area contributed by atoms with Crippen molar-refractivity contribution in [2.75, 3.05) is 26.7 Å². The van der Waals surface area contributed by atoms with Crippen molar-refractivity contribution in [3.8, 4) is 5.75 Å². The number of hydrogen-bond donors (Lipinski definition) is 1. The molecular weight excluding hydrogens is 416 g/mol. The summed E-state index contributed by atoms with van der Waals surface area (Å²) in [6, 6.07) is 15.1. The number of hydrogen-bond acceptors (Lipinski definition) is 4. The average Bonchev–Trinajstić information content (AvgIpc) is 3.00. The molecule has 174 valence electrons. The molecule has 1 fully saturated rings. The largest absolute Gasteiger partial charge is 0.497 e. The SMILES string of the molecule is COc1cccc(C(=O)NCCc2nc3ccccc3n2CCC(=O)N2CCCCCC2)c1. The predicted molar refractivity (Wildman–Crippen MR) is 128 cm³/mol. The van der Waals surface area contributed by atoms with E-state index in [0.717, 1.165) is 42.8 Å². The Morgan fingerprint density at radius 3 is 2.61 bits per heavy atom. The molecule has 2 heterocycles. The first-order valence-corrected chi connectivity index (χ1v) is 11.8. The quantitative estimate of drug-likeness (QED) is 0.569. The van der Waals surface area contributed by atoms with E-state index in [4.69, 9.17) is 9.72 Å². The third kappa shape index (κ3) is 5.72. The summed E-state index contributed by atoms with van der Waals surface area (Å²) in [6.07, 6.45) is 5.66. The van der Waals surface area contributed by atoms with Crippen molar-refractivity contribution in [1.82, 2.24) is 19.8 Å². The number of nitrogens with one attached hydrogen (secondary N) is 1. The Hall–Kier alpha value is -3.35. The van der Waals surface area contributed by atoms with E-state index in [9.17, 15) is 9.59 Å². The van der Waals surface area contributed by atoms with E-state index < -0.39 is 0 Å². The molecule has 0 aliphatic carbocycles. The molecule has 2 amide bonds. The topological polar surface area (TPSA) is 76.5 Å². The van der Waals surface area contributed by atoms with Crippen molar-refractivity contribution in [2.45, 2.75) is 45.1 Å². The number of amides is 2. The minimum absolute atomic E-state index is 0.145. The van der Waals surface area contributed by atoms with Gasteiger partial charge in [-0.05, 0) is 43.2 Å². The maximum absolute atomic E-state index is 12.8. The van der Waals surface area contributed by atoms with E-state index in [1.165, 1.54) is 12.8 Å².